The van der Waals surface area contributed by atoms with E-state index in [0.717, 1.165) is 4.31 Å². The fourth-order valence-electron chi connectivity index (χ4n) is 1.30. The predicted octanol–water partition coefficient (Wildman–Crippen LogP) is 0.236. The highest BCUT2D eigenvalue weighted by atomic mass is 32.2. The van der Waals surface area contributed by atoms with E-state index in [1.54, 1.807) is 13.8 Å². The highest BCUT2D eigenvalue weighted by Crippen LogP contribution is 2.09. The number of nitrogens with zero attached hydrogens (tertiary/aromatic N) is 1. The number of sulfonamides is 1. The summed E-state index contributed by atoms with van der Waals surface area (Å²) in [5, 5.41) is 0. The minimum Gasteiger partial charge on any atom is -0.468 e. The first-order valence-electron chi connectivity index (χ1n) is 5.40. The number of methoxy groups -OCH3 is 2. The van der Waals surface area contributed by atoms with Gasteiger partial charge >= 0.3 is 5.97 Å². The molecule has 17 heavy (non-hydrogen) atoms. The number of hydrogen-bond acceptors (Lipinski definition) is 5. The van der Waals surface area contributed by atoms with Crippen molar-refractivity contribution in [1.82, 2.24) is 4.31 Å². The Morgan fingerprint density at radius 2 is 1.88 bits per heavy atom. The molecule has 0 fully saturated rings. The van der Waals surface area contributed by atoms with Gasteiger partial charge in [-0.3, -0.25) is 4.79 Å². The van der Waals surface area contributed by atoms with Crippen LogP contribution in [0.3, 0.4) is 0 Å². The number of carbonyl (C=O) groups is 1. The number of esters is 1. The summed E-state index contributed by atoms with van der Waals surface area (Å²) in [7, 11) is -0.697. The van der Waals surface area contributed by atoms with Crippen LogP contribution in [0.4, 0.5) is 0 Å². The van der Waals surface area contributed by atoms with E-state index >= 15 is 0 Å². The number of ether oxygens (including phenoxy) is 2. The van der Waals surface area contributed by atoms with Crippen LogP contribution in [0.15, 0.2) is 0 Å². The van der Waals surface area contributed by atoms with Gasteiger partial charge in [0, 0.05) is 19.8 Å². The summed E-state index contributed by atoms with van der Waals surface area (Å²) in [6.07, 6.45) is 0.406. The molecule has 0 saturated heterocycles. The van der Waals surface area contributed by atoms with Crippen molar-refractivity contribution >= 4 is 16.0 Å². The molecule has 0 aromatic carbocycles. The molecule has 7 heteroatoms. The molecular formula is C10H21NO5S. The van der Waals surface area contributed by atoms with Crippen molar-refractivity contribution in [3.63, 3.8) is 0 Å². The second-order valence-corrected chi connectivity index (χ2v) is 5.92. The van der Waals surface area contributed by atoms with E-state index in [1.165, 1.54) is 14.2 Å². The fraction of sp³-hybridized carbons (Fsp3) is 0.900. The Bertz CT molecular complexity index is 326. The molecule has 0 bridgehead atoms. The van der Waals surface area contributed by atoms with Crippen LogP contribution in [0.2, 0.25) is 0 Å². The Morgan fingerprint density at radius 1 is 1.29 bits per heavy atom. The van der Waals surface area contributed by atoms with Crippen molar-refractivity contribution in [2.45, 2.75) is 26.3 Å². The lowest BCUT2D eigenvalue weighted by Gasteiger charge is -2.24. The van der Waals surface area contributed by atoms with E-state index in [2.05, 4.69) is 4.74 Å². The van der Waals surface area contributed by atoms with Crippen LogP contribution < -0.4 is 0 Å². The van der Waals surface area contributed by atoms with Crippen LogP contribution in [0.1, 0.15) is 20.3 Å². The van der Waals surface area contributed by atoms with Crippen LogP contribution in [-0.2, 0) is 24.3 Å². The van der Waals surface area contributed by atoms with Gasteiger partial charge in [-0.1, -0.05) is 0 Å². The summed E-state index contributed by atoms with van der Waals surface area (Å²) in [6, 6.07) is -0.276. The second-order valence-electron chi connectivity index (χ2n) is 3.88. The van der Waals surface area contributed by atoms with Gasteiger partial charge in [-0.25, -0.2) is 8.42 Å². The summed E-state index contributed by atoms with van der Waals surface area (Å²) in [5.41, 5.74) is 0. The van der Waals surface area contributed by atoms with Crippen molar-refractivity contribution in [2.75, 3.05) is 33.1 Å². The standard InChI is InChI=1S/C10H21NO5S/c1-9(2)11(8-10(12)16-4)17(13,14)7-5-6-15-3/h9H,5-8H2,1-4H3. The van der Waals surface area contributed by atoms with Crippen LogP contribution in [0.5, 0.6) is 0 Å². The first-order chi connectivity index (χ1) is 7.85. The molecule has 0 radical (unpaired) electrons. The third-order valence-electron chi connectivity index (χ3n) is 2.20. The van der Waals surface area contributed by atoms with Gasteiger partial charge in [0.05, 0.1) is 12.9 Å². The van der Waals surface area contributed by atoms with Crippen molar-refractivity contribution in [2.24, 2.45) is 0 Å². The molecule has 0 saturated carbocycles. The lowest BCUT2D eigenvalue weighted by atomic mass is 10.4. The average Bonchev–Trinajstić information content (AvgIpc) is 2.24. The molecule has 0 spiro atoms. The minimum atomic E-state index is -3.45. The van der Waals surface area contributed by atoms with Crippen molar-refractivity contribution in [3.8, 4) is 0 Å². The van der Waals surface area contributed by atoms with Gasteiger partial charge in [0.1, 0.15) is 6.54 Å². The summed E-state index contributed by atoms with van der Waals surface area (Å²) >= 11 is 0. The first-order valence-corrected chi connectivity index (χ1v) is 7.01. The summed E-state index contributed by atoms with van der Waals surface area (Å²) in [4.78, 5) is 11.2. The lowest BCUT2D eigenvalue weighted by Crippen LogP contribution is -2.42. The highest BCUT2D eigenvalue weighted by molar-refractivity contribution is 7.89. The van der Waals surface area contributed by atoms with Crippen molar-refractivity contribution in [3.05, 3.63) is 0 Å². The Kier molecular flexibility index (Phi) is 7.33. The van der Waals surface area contributed by atoms with Gasteiger partial charge in [-0.2, -0.15) is 4.31 Å². The molecule has 0 N–H and O–H groups in total. The Morgan fingerprint density at radius 3 is 2.29 bits per heavy atom. The zero-order valence-electron chi connectivity index (χ0n) is 10.8. The maximum Gasteiger partial charge on any atom is 0.321 e. The zero-order valence-corrected chi connectivity index (χ0v) is 11.6. The SMILES string of the molecule is COCCCS(=O)(=O)N(CC(=O)OC)C(C)C. The molecule has 0 aliphatic heterocycles. The van der Waals surface area contributed by atoms with E-state index in [9.17, 15) is 13.2 Å². The largest absolute Gasteiger partial charge is 0.468 e. The first kappa shape index (κ1) is 16.3. The van der Waals surface area contributed by atoms with Crippen LogP contribution in [0, 0.1) is 0 Å². The van der Waals surface area contributed by atoms with E-state index in [0.29, 0.717) is 13.0 Å². The zero-order chi connectivity index (χ0) is 13.5. The van der Waals surface area contributed by atoms with Gasteiger partial charge in [0.15, 0.2) is 0 Å². The Labute approximate surface area is 103 Å². The van der Waals surface area contributed by atoms with Gasteiger partial charge < -0.3 is 9.47 Å². The van der Waals surface area contributed by atoms with Crippen LogP contribution in [0.25, 0.3) is 0 Å². The van der Waals surface area contributed by atoms with E-state index in [1.807, 2.05) is 0 Å². The maximum atomic E-state index is 12.0. The molecule has 0 aromatic heterocycles. The molecule has 102 valence electrons. The Hall–Kier alpha value is -0.660. The molecule has 0 heterocycles. The molecule has 6 nitrogen and oxygen atoms in total. The smallest absolute Gasteiger partial charge is 0.321 e. The number of rotatable bonds is 8. The van der Waals surface area contributed by atoms with Crippen molar-refractivity contribution in [1.29, 1.82) is 0 Å². The molecule has 0 aromatic rings. The second kappa shape index (κ2) is 7.62. The normalized spacial score (nSPS) is 12.1. The van der Waals surface area contributed by atoms with Gasteiger partial charge in [0.2, 0.25) is 10.0 Å². The van der Waals surface area contributed by atoms with Gasteiger partial charge in [-0.15, -0.1) is 0 Å². The van der Waals surface area contributed by atoms with E-state index in [4.69, 9.17) is 4.74 Å². The predicted molar refractivity (Wildman–Crippen MR) is 64.1 cm³/mol. The topological polar surface area (TPSA) is 72.9 Å². The van der Waals surface area contributed by atoms with Crippen molar-refractivity contribution < 1.29 is 22.7 Å². The van der Waals surface area contributed by atoms with Crippen LogP contribution >= 0.6 is 0 Å². The highest BCUT2D eigenvalue weighted by Gasteiger charge is 2.26. The van der Waals surface area contributed by atoms with Gasteiger partial charge in [0.25, 0.3) is 0 Å². The summed E-state index contributed by atoms with van der Waals surface area (Å²) in [6.45, 7) is 3.57. The maximum absolute atomic E-state index is 12.0. The minimum absolute atomic E-state index is 0.0317. The number of carbonyl (C=O) groups excluding carboxylic acids is 1. The molecule has 0 unspecified atom stereocenters. The monoisotopic (exact) mass is 267 g/mol. The molecule has 0 amide bonds. The summed E-state index contributed by atoms with van der Waals surface area (Å²) < 4.78 is 34.4. The summed E-state index contributed by atoms with van der Waals surface area (Å²) in [5.74, 6) is -0.593. The lowest BCUT2D eigenvalue weighted by molar-refractivity contribution is -0.141. The molecule has 0 aliphatic rings. The number of hydrogen-bond donors (Lipinski definition) is 0. The quantitative estimate of drug-likeness (QED) is 0.465. The molecule has 0 atom stereocenters. The van der Waals surface area contributed by atoms with E-state index in [-0.39, 0.29) is 18.3 Å². The fourth-order valence-corrected chi connectivity index (χ4v) is 2.96. The molecule has 0 aliphatic carbocycles. The molecule has 0 rings (SSSR count). The third kappa shape index (κ3) is 5.99. The van der Waals surface area contributed by atoms with E-state index < -0.39 is 16.0 Å². The molecular weight excluding hydrogens is 246 g/mol. The van der Waals surface area contributed by atoms with Gasteiger partial charge in [-0.05, 0) is 20.3 Å². The Balaban J connectivity index is 4.62. The third-order valence-corrected chi connectivity index (χ3v) is 4.27. The average molecular weight is 267 g/mol. The van der Waals surface area contributed by atoms with Crippen LogP contribution in [-0.4, -0.2) is 57.9 Å².